The van der Waals surface area contributed by atoms with Gasteiger partial charge in [-0.15, -0.1) is 0 Å². The molecular weight excluding hydrogens is 256 g/mol. The van der Waals surface area contributed by atoms with E-state index in [1.54, 1.807) is 16.9 Å². The summed E-state index contributed by atoms with van der Waals surface area (Å²) in [6.45, 7) is 5.20. The molecular formula is C14H24N4O2. The van der Waals surface area contributed by atoms with Crippen molar-refractivity contribution in [2.45, 2.75) is 57.7 Å². The van der Waals surface area contributed by atoms with Crippen molar-refractivity contribution >= 4 is 11.7 Å². The summed E-state index contributed by atoms with van der Waals surface area (Å²) in [5, 5.41) is 7.09. The molecule has 1 saturated heterocycles. The van der Waals surface area contributed by atoms with Crippen LogP contribution in [0.25, 0.3) is 0 Å². The van der Waals surface area contributed by atoms with E-state index in [-0.39, 0.29) is 24.1 Å². The third-order valence-corrected chi connectivity index (χ3v) is 4.11. The molecule has 0 radical (unpaired) electrons. The lowest BCUT2D eigenvalue weighted by Gasteiger charge is -2.40. The van der Waals surface area contributed by atoms with Crippen LogP contribution in [0.1, 0.15) is 39.5 Å². The Bertz CT molecular complexity index is 454. The van der Waals surface area contributed by atoms with E-state index in [0.717, 1.165) is 25.7 Å². The lowest BCUT2D eigenvalue weighted by atomic mass is 9.86. The molecule has 6 heteroatoms. The van der Waals surface area contributed by atoms with Crippen molar-refractivity contribution in [2.24, 2.45) is 0 Å². The van der Waals surface area contributed by atoms with E-state index < -0.39 is 0 Å². The minimum Gasteiger partial charge on any atom is -0.382 e. The summed E-state index contributed by atoms with van der Waals surface area (Å²) in [5.41, 5.74) is 5.45. The molecule has 1 unspecified atom stereocenters. The summed E-state index contributed by atoms with van der Waals surface area (Å²) in [5.74, 6) is 0.404. The van der Waals surface area contributed by atoms with E-state index in [2.05, 4.69) is 24.3 Å². The second-order valence-electron chi connectivity index (χ2n) is 5.43. The lowest BCUT2D eigenvalue weighted by Crippen LogP contribution is -2.48. The summed E-state index contributed by atoms with van der Waals surface area (Å²) < 4.78 is 7.46. The fraction of sp³-hybridized carbons (Fsp3) is 0.714. The van der Waals surface area contributed by atoms with Crippen LogP contribution in [-0.4, -0.2) is 33.9 Å². The maximum Gasteiger partial charge on any atom is 0.241 e. The fourth-order valence-corrected chi connectivity index (χ4v) is 2.78. The molecule has 0 aromatic carbocycles. The largest absolute Gasteiger partial charge is 0.382 e. The number of anilines is 1. The molecule has 1 aliphatic heterocycles. The number of carbonyl (C=O) groups is 1. The first kappa shape index (κ1) is 14.8. The molecule has 0 bridgehead atoms. The van der Waals surface area contributed by atoms with E-state index in [1.165, 1.54) is 0 Å². The number of ether oxygens (including phenoxy) is 1. The van der Waals surface area contributed by atoms with Crippen molar-refractivity contribution in [3.05, 3.63) is 12.3 Å². The molecule has 1 fully saturated rings. The van der Waals surface area contributed by atoms with Crippen LogP contribution in [0.15, 0.2) is 12.3 Å². The first-order valence-electron chi connectivity index (χ1n) is 7.29. The highest BCUT2D eigenvalue weighted by molar-refractivity contribution is 5.76. The van der Waals surface area contributed by atoms with Gasteiger partial charge in [0.15, 0.2) is 0 Å². The normalized spacial score (nSPS) is 21.6. The van der Waals surface area contributed by atoms with Crippen LogP contribution in [0.5, 0.6) is 0 Å². The van der Waals surface area contributed by atoms with Crippen molar-refractivity contribution < 1.29 is 9.53 Å². The van der Waals surface area contributed by atoms with Crippen LogP contribution in [0.3, 0.4) is 0 Å². The summed E-state index contributed by atoms with van der Waals surface area (Å²) in [7, 11) is 0. The molecule has 1 aromatic heterocycles. The molecule has 0 spiro atoms. The number of hydrogen-bond acceptors (Lipinski definition) is 4. The maximum absolute atomic E-state index is 12.0. The summed E-state index contributed by atoms with van der Waals surface area (Å²) in [6, 6.07) is 1.87. The first-order chi connectivity index (χ1) is 9.57. The Morgan fingerprint density at radius 2 is 2.35 bits per heavy atom. The Morgan fingerprint density at radius 1 is 1.60 bits per heavy atom. The number of hydrogen-bond donors (Lipinski definition) is 2. The van der Waals surface area contributed by atoms with E-state index in [9.17, 15) is 4.79 Å². The van der Waals surface area contributed by atoms with Gasteiger partial charge in [0.05, 0.1) is 5.60 Å². The SMILES string of the molecule is CCC1(CC)CC(NC(=O)Cn2ccc(N)n2)CCO1. The number of nitrogen functional groups attached to an aromatic ring is 1. The number of nitrogens with zero attached hydrogens (tertiary/aromatic N) is 2. The topological polar surface area (TPSA) is 82.2 Å². The van der Waals surface area contributed by atoms with Crippen molar-refractivity contribution in [1.82, 2.24) is 15.1 Å². The maximum atomic E-state index is 12.0. The predicted molar refractivity (Wildman–Crippen MR) is 77.1 cm³/mol. The minimum atomic E-state index is -0.0771. The Kier molecular flexibility index (Phi) is 4.65. The highest BCUT2D eigenvalue weighted by Crippen LogP contribution is 2.31. The molecule has 6 nitrogen and oxygen atoms in total. The summed E-state index contributed by atoms with van der Waals surface area (Å²) in [4.78, 5) is 12.0. The summed E-state index contributed by atoms with van der Waals surface area (Å²) >= 11 is 0. The number of aromatic nitrogens is 2. The molecule has 2 rings (SSSR count). The third-order valence-electron chi connectivity index (χ3n) is 4.11. The number of amides is 1. The average molecular weight is 280 g/mol. The third kappa shape index (κ3) is 3.50. The van der Waals surface area contributed by atoms with Crippen LogP contribution in [0.2, 0.25) is 0 Å². The van der Waals surface area contributed by atoms with Crippen molar-refractivity contribution in [1.29, 1.82) is 0 Å². The Balaban J connectivity index is 1.87. The van der Waals surface area contributed by atoms with Crippen LogP contribution in [0, 0.1) is 0 Å². The van der Waals surface area contributed by atoms with Crippen LogP contribution >= 0.6 is 0 Å². The van der Waals surface area contributed by atoms with Gasteiger partial charge in [0, 0.05) is 18.8 Å². The highest BCUT2D eigenvalue weighted by Gasteiger charge is 2.34. The Morgan fingerprint density at radius 3 is 2.95 bits per heavy atom. The Hall–Kier alpha value is -1.56. The van der Waals surface area contributed by atoms with Gasteiger partial charge in [0.2, 0.25) is 5.91 Å². The molecule has 0 saturated carbocycles. The molecule has 3 N–H and O–H groups in total. The van der Waals surface area contributed by atoms with Gasteiger partial charge in [0.25, 0.3) is 0 Å². The van der Waals surface area contributed by atoms with Gasteiger partial charge in [-0.05, 0) is 31.7 Å². The van der Waals surface area contributed by atoms with Gasteiger partial charge in [-0.25, -0.2) is 0 Å². The van der Waals surface area contributed by atoms with E-state index >= 15 is 0 Å². The van der Waals surface area contributed by atoms with Crippen molar-refractivity contribution in [3.8, 4) is 0 Å². The summed E-state index contributed by atoms with van der Waals surface area (Å²) in [6.07, 6.45) is 5.42. The van der Waals surface area contributed by atoms with Gasteiger partial charge in [-0.3, -0.25) is 9.48 Å². The highest BCUT2D eigenvalue weighted by atomic mass is 16.5. The van der Waals surface area contributed by atoms with Gasteiger partial charge in [0.1, 0.15) is 12.4 Å². The molecule has 1 aliphatic rings. The monoisotopic (exact) mass is 280 g/mol. The zero-order chi connectivity index (χ0) is 14.6. The van der Waals surface area contributed by atoms with Gasteiger partial charge < -0.3 is 15.8 Å². The zero-order valence-electron chi connectivity index (χ0n) is 12.3. The van der Waals surface area contributed by atoms with Gasteiger partial charge in [-0.2, -0.15) is 5.10 Å². The van der Waals surface area contributed by atoms with Crippen molar-refractivity contribution in [3.63, 3.8) is 0 Å². The minimum absolute atomic E-state index is 0.0268. The fourth-order valence-electron chi connectivity index (χ4n) is 2.78. The van der Waals surface area contributed by atoms with E-state index in [0.29, 0.717) is 12.4 Å². The Labute approximate surface area is 119 Å². The number of nitrogens with one attached hydrogen (secondary N) is 1. The lowest BCUT2D eigenvalue weighted by molar-refractivity contribution is -0.126. The molecule has 0 aliphatic carbocycles. The molecule has 1 atom stereocenters. The molecule has 1 aromatic rings. The first-order valence-corrected chi connectivity index (χ1v) is 7.29. The molecule has 20 heavy (non-hydrogen) atoms. The van der Waals surface area contributed by atoms with Crippen LogP contribution in [0.4, 0.5) is 5.82 Å². The quantitative estimate of drug-likeness (QED) is 0.852. The molecule has 1 amide bonds. The average Bonchev–Trinajstić information content (AvgIpc) is 2.84. The van der Waals surface area contributed by atoms with Crippen LogP contribution in [-0.2, 0) is 16.1 Å². The smallest absolute Gasteiger partial charge is 0.241 e. The number of carbonyl (C=O) groups excluding carboxylic acids is 1. The van der Waals surface area contributed by atoms with Gasteiger partial charge in [-0.1, -0.05) is 13.8 Å². The van der Waals surface area contributed by atoms with Crippen LogP contribution < -0.4 is 11.1 Å². The number of nitrogens with two attached hydrogens (primary N) is 1. The van der Waals surface area contributed by atoms with Crippen molar-refractivity contribution in [2.75, 3.05) is 12.3 Å². The molecule has 2 heterocycles. The second kappa shape index (κ2) is 6.26. The van der Waals surface area contributed by atoms with Gasteiger partial charge >= 0.3 is 0 Å². The molecule has 112 valence electrons. The standard InChI is InChI=1S/C14H24N4O2/c1-3-14(4-2)9-11(6-8-20-14)16-13(19)10-18-7-5-12(15)17-18/h5,7,11H,3-4,6,8-10H2,1-2H3,(H2,15,17)(H,16,19). The van der Waals surface area contributed by atoms with E-state index in [1.807, 2.05) is 0 Å². The number of rotatable bonds is 5. The predicted octanol–water partition coefficient (Wildman–Crippen LogP) is 1.32. The van der Waals surface area contributed by atoms with E-state index in [4.69, 9.17) is 10.5 Å². The zero-order valence-corrected chi connectivity index (χ0v) is 12.3. The second-order valence-corrected chi connectivity index (χ2v) is 5.43.